The first-order valence-corrected chi connectivity index (χ1v) is 8.15. The van der Waals surface area contributed by atoms with Crippen LogP contribution in [0.3, 0.4) is 0 Å². The van der Waals surface area contributed by atoms with E-state index in [9.17, 15) is 18.0 Å². The zero-order chi connectivity index (χ0) is 19.3. The number of amides is 2. The predicted octanol–water partition coefficient (Wildman–Crippen LogP) is 2.81. The van der Waals surface area contributed by atoms with Gasteiger partial charge < -0.3 is 19.7 Å². The molecule has 1 fully saturated rings. The van der Waals surface area contributed by atoms with Crippen LogP contribution in [-0.2, 0) is 10.9 Å². The van der Waals surface area contributed by atoms with Crippen molar-refractivity contribution in [2.24, 2.45) is 0 Å². The van der Waals surface area contributed by atoms with Crippen LogP contribution in [0.25, 0.3) is 0 Å². The highest BCUT2D eigenvalue weighted by Crippen LogP contribution is 2.29. The SMILES string of the molecule is O=C(Nc1cccnc1)N1CCOC[C@H](Oc2ccc(C(F)(F)F)cn2)C1. The summed E-state index contributed by atoms with van der Waals surface area (Å²) >= 11 is 0. The van der Waals surface area contributed by atoms with Crippen molar-refractivity contribution >= 4 is 11.7 Å². The second kappa shape index (κ2) is 8.21. The number of rotatable bonds is 3. The van der Waals surface area contributed by atoms with Crippen molar-refractivity contribution in [3.05, 3.63) is 48.4 Å². The fraction of sp³-hybridized carbons (Fsp3) is 0.353. The fourth-order valence-electron chi connectivity index (χ4n) is 2.46. The summed E-state index contributed by atoms with van der Waals surface area (Å²) < 4.78 is 48.8. The predicted molar refractivity (Wildman–Crippen MR) is 89.3 cm³/mol. The lowest BCUT2D eigenvalue weighted by molar-refractivity contribution is -0.137. The number of anilines is 1. The third-order valence-electron chi connectivity index (χ3n) is 3.78. The van der Waals surface area contributed by atoms with Crippen molar-refractivity contribution in [2.75, 3.05) is 31.6 Å². The van der Waals surface area contributed by atoms with Gasteiger partial charge in [0.25, 0.3) is 0 Å². The second-order valence-corrected chi connectivity index (χ2v) is 5.82. The summed E-state index contributed by atoms with van der Waals surface area (Å²) in [6.45, 7) is 1.07. The van der Waals surface area contributed by atoms with Crippen LogP contribution in [0.1, 0.15) is 5.56 Å². The first kappa shape index (κ1) is 18.9. The van der Waals surface area contributed by atoms with Gasteiger partial charge in [0, 0.05) is 25.0 Å². The normalized spacial score (nSPS) is 17.9. The molecule has 1 N–H and O–H groups in total. The van der Waals surface area contributed by atoms with E-state index in [1.165, 1.54) is 11.1 Å². The van der Waals surface area contributed by atoms with Crippen molar-refractivity contribution < 1.29 is 27.4 Å². The number of nitrogens with zero attached hydrogens (tertiary/aromatic N) is 3. The second-order valence-electron chi connectivity index (χ2n) is 5.82. The van der Waals surface area contributed by atoms with Gasteiger partial charge in [-0.25, -0.2) is 9.78 Å². The lowest BCUT2D eigenvalue weighted by Crippen LogP contribution is -2.42. The van der Waals surface area contributed by atoms with Crippen LogP contribution in [-0.4, -0.2) is 53.3 Å². The Hall–Kier alpha value is -2.88. The van der Waals surface area contributed by atoms with Crippen LogP contribution in [0.5, 0.6) is 5.88 Å². The molecule has 0 unspecified atom stereocenters. The zero-order valence-electron chi connectivity index (χ0n) is 14.1. The molecule has 3 heterocycles. The van der Waals surface area contributed by atoms with Gasteiger partial charge in [0.15, 0.2) is 0 Å². The highest BCUT2D eigenvalue weighted by Gasteiger charge is 2.31. The van der Waals surface area contributed by atoms with Gasteiger partial charge in [0.2, 0.25) is 5.88 Å². The van der Waals surface area contributed by atoms with Gasteiger partial charge in [-0.05, 0) is 18.2 Å². The average Bonchev–Trinajstić information content (AvgIpc) is 2.88. The van der Waals surface area contributed by atoms with E-state index in [0.717, 1.165) is 12.1 Å². The van der Waals surface area contributed by atoms with E-state index in [4.69, 9.17) is 9.47 Å². The monoisotopic (exact) mass is 382 g/mol. The van der Waals surface area contributed by atoms with Gasteiger partial charge in [-0.1, -0.05) is 0 Å². The molecule has 27 heavy (non-hydrogen) atoms. The van der Waals surface area contributed by atoms with Crippen LogP contribution in [0.4, 0.5) is 23.7 Å². The number of urea groups is 1. The maximum Gasteiger partial charge on any atom is 0.417 e. The molecule has 1 saturated heterocycles. The Bertz CT molecular complexity index is 756. The molecule has 0 aromatic carbocycles. The Morgan fingerprint density at radius 3 is 2.81 bits per heavy atom. The highest BCUT2D eigenvalue weighted by atomic mass is 19.4. The molecule has 2 aromatic heterocycles. The van der Waals surface area contributed by atoms with E-state index in [2.05, 4.69) is 15.3 Å². The first-order chi connectivity index (χ1) is 12.9. The number of nitrogens with one attached hydrogen (secondary N) is 1. The fourth-order valence-corrected chi connectivity index (χ4v) is 2.46. The van der Waals surface area contributed by atoms with Gasteiger partial charge in [-0.15, -0.1) is 0 Å². The molecule has 0 saturated carbocycles. The Kier molecular flexibility index (Phi) is 5.75. The summed E-state index contributed by atoms with van der Waals surface area (Å²) in [5.41, 5.74) is -0.306. The number of hydrogen-bond acceptors (Lipinski definition) is 5. The summed E-state index contributed by atoms with van der Waals surface area (Å²) in [7, 11) is 0. The Balaban J connectivity index is 1.61. The maximum absolute atomic E-state index is 12.6. The first-order valence-electron chi connectivity index (χ1n) is 8.15. The summed E-state index contributed by atoms with van der Waals surface area (Å²) in [5.74, 6) is 0.0334. The zero-order valence-corrected chi connectivity index (χ0v) is 14.1. The van der Waals surface area contributed by atoms with Crippen LogP contribution >= 0.6 is 0 Å². The van der Waals surface area contributed by atoms with Crippen molar-refractivity contribution in [2.45, 2.75) is 12.3 Å². The van der Waals surface area contributed by atoms with Crippen LogP contribution < -0.4 is 10.1 Å². The van der Waals surface area contributed by atoms with Crippen LogP contribution in [0, 0.1) is 0 Å². The molecule has 0 spiro atoms. The van der Waals surface area contributed by atoms with E-state index in [0.29, 0.717) is 25.0 Å². The Labute approximate surface area is 153 Å². The third kappa shape index (κ3) is 5.30. The van der Waals surface area contributed by atoms with Gasteiger partial charge in [-0.2, -0.15) is 13.2 Å². The highest BCUT2D eigenvalue weighted by molar-refractivity contribution is 5.89. The summed E-state index contributed by atoms with van der Waals surface area (Å²) in [5, 5.41) is 2.72. The molecule has 0 radical (unpaired) electrons. The number of halogens is 3. The van der Waals surface area contributed by atoms with Crippen molar-refractivity contribution in [3.63, 3.8) is 0 Å². The molecule has 144 valence electrons. The number of alkyl halides is 3. The van der Waals surface area contributed by atoms with Gasteiger partial charge in [0.1, 0.15) is 6.10 Å². The topological polar surface area (TPSA) is 76.6 Å². The molecule has 2 amide bonds. The smallest absolute Gasteiger partial charge is 0.417 e. The largest absolute Gasteiger partial charge is 0.470 e. The molecule has 2 aromatic rings. The molecular weight excluding hydrogens is 365 g/mol. The number of ether oxygens (including phenoxy) is 2. The van der Waals surface area contributed by atoms with Crippen molar-refractivity contribution in [1.29, 1.82) is 0 Å². The van der Waals surface area contributed by atoms with Crippen molar-refractivity contribution in [1.82, 2.24) is 14.9 Å². The van der Waals surface area contributed by atoms with Gasteiger partial charge in [-0.3, -0.25) is 4.98 Å². The van der Waals surface area contributed by atoms with E-state index < -0.39 is 17.8 Å². The van der Waals surface area contributed by atoms with Gasteiger partial charge in [0.05, 0.1) is 37.2 Å². The molecular formula is C17H17F3N4O3. The maximum atomic E-state index is 12.6. The Morgan fingerprint density at radius 2 is 2.15 bits per heavy atom. The van der Waals surface area contributed by atoms with Crippen LogP contribution in [0.2, 0.25) is 0 Å². The molecule has 10 heteroatoms. The summed E-state index contributed by atoms with van der Waals surface area (Å²) in [6, 6.07) is 5.10. The molecule has 1 aliphatic rings. The quantitative estimate of drug-likeness (QED) is 0.884. The number of carbonyl (C=O) groups is 1. The molecule has 3 rings (SSSR count). The number of hydrogen-bond donors (Lipinski definition) is 1. The minimum absolute atomic E-state index is 0.0334. The van der Waals surface area contributed by atoms with E-state index in [1.54, 1.807) is 18.3 Å². The number of pyridine rings is 2. The summed E-state index contributed by atoms with van der Waals surface area (Å²) in [6.07, 6.45) is -1.20. The lowest BCUT2D eigenvalue weighted by Gasteiger charge is -2.24. The van der Waals surface area contributed by atoms with Gasteiger partial charge >= 0.3 is 12.2 Å². The standard InChI is InChI=1S/C17H17F3N4O3/c18-17(19,20)12-3-4-15(22-8-12)27-14-10-24(6-7-26-11-14)16(25)23-13-2-1-5-21-9-13/h1-5,8-9,14H,6-7,10-11H2,(H,23,25)/t14-/m1/s1. The number of aromatic nitrogens is 2. The minimum Gasteiger partial charge on any atom is -0.470 e. The van der Waals surface area contributed by atoms with Crippen LogP contribution in [0.15, 0.2) is 42.9 Å². The van der Waals surface area contributed by atoms with E-state index in [1.807, 2.05) is 0 Å². The average molecular weight is 382 g/mol. The third-order valence-corrected chi connectivity index (χ3v) is 3.78. The molecule has 0 aliphatic carbocycles. The molecule has 7 nitrogen and oxygen atoms in total. The lowest BCUT2D eigenvalue weighted by atomic mass is 10.3. The minimum atomic E-state index is -4.46. The number of carbonyl (C=O) groups excluding carboxylic acids is 1. The van der Waals surface area contributed by atoms with E-state index >= 15 is 0 Å². The molecule has 1 aliphatic heterocycles. The van der Waals surface area contributed by atoms with Crippen molar-refractivity contribution in [3.8, 4) is 5.88 Å². The summed E-state index contributed by atoms with van der Waals surface area (Å²) in [4.78, 5) is 21.5. The molecule has 1 atom stereocenters. The van der Waals surface area contributed by atoms with E-state index in [-0.39, 0.29) is 25.1 Å². The molecule has 0 bridgehead atoms. The Morgan fingerprint density at radius 1 is 1.30 bits per heavy atom.